The van der Waals surface area contributed by atoms with E-state index in [1.54, 1.807) is 19.1 Å². The van der Waals surface area contributed by atoms with Crippen LogP contribution < -0.4 is 5.32 Å². The van der Waals surface area contributed by atoms with Crippen molar-refractivity contribution in [2.75, 3.05) is 17.6 Å². The van der Waals surface area contributed by atoms with Crippen LogP contribution in [0.15, 0.2) is 29.2 Å². The Balaban J connectivity index is 2.84. The van der Waals surface area contributed by atoms with Gasteiger partial charge in [-0.05, 0) is 24.5 Å². The summed E-state index contributed by atoms with van der Waals surface area (Å²) in [6.07, 6.45) is 2.30. The van der Waals surface area contributed by atoms with Crippen molar-refractivity contribution in [3.63, 3.8) is 0 Å². The van der Waals surface area contributed by atoms with Gasteiger partial charge in [-0.2, -0.15) is 0 Å². The van der Waals surface area contributed by atoms with Crippen molar-refractivity contribution in [3.8, 4) is 0 Å². The molecule has 1 aromatic carbocycles. The predicted octanol–water partition coefficient (Wildman–Crippen LogP) is 3.33. The van der Waals surface area contributed by atoms with Crippen LogP contribution in [0.5, 0.6) is 0 Å². The Morgan fingerprint density at radius 3 is 2.50 bits per heavy atom. The maximum absolute atomic E-state index is 12.0. The van der Waals surface area contributed by atoms with E-state index < -0.39 is 9.84 Å². The van der Waals surface area contributed by atoms with Gasteiger partial charge in [0.05, 0.1) is 16.3 Å². The Morgan fingerprint density at radius 2 is 1.89 bits per heavy atom. The highest BCUT2D eigenvalue weighted by Crippen LogP contribution is 2.22. The van der Waals surface area contributed by atoms with Crippen LogP contribution in [-0.2, 0) is 9.84 Å². The Labute approximate surface area is 111 Å². The molecule has 0 amide bonds. The molecule has 1 unspecified atom stereocenters. The molecule has 0 saturated carbocycles. The number of hydrogen-bond donors (Lipinski definition) is 1. The third-order valence-corrected chi connectivity index (χ3v) is 4.81. The van der Waals surface area contributed by atoms with Gasteiger partial charge < -0.3 is 5.32 Å². The lowest BCUT2D eigenvalue weighted by atomic mass is 10.1. The highest BCUT2D eigenvalue weighted by molar-refractivity contribution is 7.91. The van der Waals surface area contributed by atoms with Crippen molar-refractivity contribution in [1.29, 1.82) is 0 Å². The molecule has 3 nitrogen and oxygen atoms in total. The second-order valence-electron chi connectivity index (χ2n) is 4.67. The molecule has 102 valence electrons. The van der Waals surface area contributed by atoms with E-state index in [0.29, 0.717) is 10.8 Å². The molecule has 0 aromatic heterocycles. The smallest absolute Gasteiger partial charge is 0.180 e. The number of sulfone groups is 1. The van der Waals surface area contributed by atoms with Crippen molar-refractivity contribution in [1.82, 2.24) is 0 Å². The number of anilines is 1. The molecule has 0 aliphatic heterocycles. The number of nitrogens with one attached hydrogen (secondary N) is 1. The van der Waals surface area contributed by atoms with E-state index >= 15 is 0 Å². The number of hydrogen-bond acceptors (Lipinski definition) is 3. The molecule has 1 rings (SSSR count). The zero-order chi connectivity index (χ0) is 13.6. The second-order valence-corrected chi connectivity index (χ2v) is 6.92. The van der Waals surface area contributed by atoms with Gasteiger partial charge in [0.15, 0.2) is 9.84 Å². The van der Waals surface area contributed by atoms with E-state index in [-0.39, 0.29) is 5.75 Å². The molecule has 0 fully saturated rings. The fraction of sp³-hybridized carbons (Fsp3) is 0.571. The molecule has 1 atom stereocenters. The van der Waals surface area contributed by atoms with Crippen molar-refractivity contribution in [2.45, 2.75) is 38.5 Å². The number of rotatable bonds is 7. The largest absolute Gasteiger partial charge is 0.384 e. The van der Waals surface area contributed by atoms with Gasteiger partial charge in [0, 0.05) is 6.54 Å². The summed E-state index contributed by atoms with van der Waals surface area (Å²) in [4.78, 5) is 0.413. The van der Waals surface area contributed by atoms with Crippen LogP contribution in [0.2, 0.25) is 0 Å². The average molecular weight is 269 g/mol. The zero-order valence-corrected chi connectivity index (χ0v) is 12.3. The molecule has 4 heteroatoms. The molecule has 0 saturated heterocycles. The highest BCUT2D eigenvalue weighted by Gasteiger charge is 2.15. The minimum atomic E-state index is -3.15. The highest BCUT2D eigenvalue weighted by atomic mass is 32.2. The first kappa shape index (κ1) is 15.0. The van der Waals surface area contributed by atoms with Crippen molar-refractivity contribution in [2.24, 2.45) is 5.92 Å². The maximum Gasteiger partial charge on any atom is 0.180 e. The Morgan fingerprint density at radius 1 is 1.22 bits per heavy atom. The zero-order valence-electron chi connectivity index (χ0n) is 11.4. The molecule has 0 radical (unpaired) electrons. The Kier molecular flexibility index (Phi) is 5.66. The Hall–Kier alpha value is -1.03. The molecular formula is C14H23NO2S. The lowest BCUT2D eigenvalue weighted by Crippen LogP contribution is -2.14. The quantitative estimate of drug-likeness (QED) is 0.826. The van der Waals surface area contributed by atoms with Crippen LogP contribution in [0.3, 0.4) is 0 Å². The summed E-state index contributed by atoms with van der Waals surface area (Å²) < 4.78 is 23.9. The standard InChI is InChI=1S/C14H23NO2S/c1-4-8-12(3)11-15-13-9-6-7-10-14(13)18(16,17)5-2/h6-7,9-10,12,15H,4-5,8,11H2,1-3H3. The van der Waals surface area contributed by atoms with Gasteiger partial charge in [-0.1, -0.05) is 39.3 Å². The van der Waals surface area contributed by atoms with E-state index in [0.717, 1.165) is 25.1 Å². The second kappa shape index (κ2) is 6.78. The van der Waals surface area contributed by atoms with Gasteiger partial charge in [0.1, 0.15) is 0 Å². The van der Waals surface area contributed by atoms with E-state index in [1.165, 1.54) is 0 Å². The summed E-state index contributed by atoms with van der Waals surface area (Å²) in [5, 5.41) is 3.26. The molecule has 1 aromatic rings. The monoisotopic (exact) mass is 269 g/mol. The van der Waals surface area contributed by atoms with E-state index in [2.05, 4.69) is 19.2 Å². The molecule has 0 aliphatic rings. The van der Waals surface area contributed by atoms with Crippen molar-refractivity contribution in [3.05, 3.63) is 24.3 Å². The van der Waals surface area contributed by atoms with Crippen LogP contribution in [0.4, 0.5) is 5.69 Å². The van der Waals surface area contributed by atoms with Crippen LogP contribution in [0.1, 0.15) is 33.6 Å². The summed E-state index contributed by atoms with van der Waals surface area (Å²) in [6.45, 7) is 6.81. The lowest BCUT2D eigenvalue weighted by Gasteiger charge is -2.15. The predicted molar refractivity (Wildman–Crippen MR) is 76.7 cm³/mol. The van der Waals surface area contributed by atoms with Gasteiger partial charge in [0.25, 0.3) is 0 Å². The van der Waals surface area contributed by atoms with Crippen molar-refractivity contribution < 1.29 is 8.42 Å². The van der Waals surface area contributed by atoms with Gasteiger partial charge in [-0.15, -0.1) is 0 Å². The summed E-state index contributed by atoms with van der Waals surface area (Å²) in [6, 6.07) is 7.14. The molecule has 0 spiro atoms. The first-order valence-corrected chi connectivity index (χ1v) is 8.22. The summed E-state index contributed by atoms with van der Waals surface area (Å²) in [7, 11) is -3.15. The first-order chi connectivity index (χ1) is 8.51. The maximum atomic E-state index is 12.0. The Bertz CT molecular complexity index is 468. The fourth-order valence-corrected chi connectivity index (χ4v) is 2.99. The molecule has 1 N–H and O–H groups in total. The van der Waals surface area contributed by atoms with Crippen molar-refractivity contribution >= 4 is 15.5 Å². The minimum absolute atomic E-state index is 0.135. The molecule has 0 heterocycles. The van der Waals surface area contributed by atoms with Crippen LogP contribution in [-0.4, -0.2) is 20.7 Å². The number of benzene rings is 1. The van der Waals surface area contributed by atoms with Crippen LogP contribution in [0, 0.1) is 5.92 Å². The third kappa shape index (κ3) is 4.02. The average Bonchev–Trinajstić information content (AvgIpc) is 2.37. The van der Waals surface area contributed by atoms with Gasteiger partial charge in [-0.3, -0.25) is 0 Å². The first-order valence-electron chi connectivity index (χ1n) is 6.57. The summed E-state index contributed by atoms with van der Waals surface area (Å²) in [5.41, 5.74) is 0.724. The molecule has 18 heavy (non-hydrogen) atoms. The molecule has 0 bridgehead atoms. The van der Waals surface area contributed by atoms with Gasteiger partial charge >= 0.3 is 0 Å². The minimum Gasteiger partial charge on any atom is -0.384 e. The van der Waals surface area contributed by atoms with Crippen LogP contribution in [0.25, 0.3) is 0 Å². The van der Waals surface area contributed by atoms with E-state index in [4.69, 9.17) is 0 Å². The molecule has 0 aliphatic carbocycles. The fourth-order valence-electron chi connectivity index (χ4n) is 1.92. The third-order valence-electron chi connectivity index (χ3n) is 3.02. The topological polar surface area (TPSA) is 46.2 Å². The van der Waals surface area contributed by atoms with E-state index in [9.17, 15) is 8.42 Å². The van der Waals surface area contributed by atoms with Crippen LogP contribution >= 0.6 is 0 Å². The van der Waals surface area contributed by atoms with Gasteiger partial charge in [-0.25, -0.2) is 8.42 Å². The molecular weight excluding hydrogens is 246 g/mol. The van der Waals surface area contributed by atoms with Gasteiger partial charge in [0.2, 0.25) is 0 Å². The number of para-hydroxylation sites is 1. The summed E-state index contributed by atoms with van der Waals surface area (Å²) in [5.74, 6) is 0.684. The van der Waals surface area contributed by atoms with E-state index in [1.807, 2.05) is 12.1 Å². The summed E-state index contributed by atoms with van der Waals surface area (Å²) >= 11 is 0. The normalized spacial score (nSPS) is 13.3. The lowest BCUT2D eigenvalue weighted by molar-refractivity contribution is 0.550. The SMILES string of the molecule is CCCC(C)CNc1ccccc1S(=O)(=O)CC.